The van der Waals surface area contributed by atoms with E-state index in [1.54, 1.807) is 13.0 Å². The number of ether oxygens (including phenoxy) is 1. The van der Waals surface area contributed by atoms with Crippen LogP contribution in [0, 0.1) is 24.5 Å². The number of benzene rings is 3. The smallest absolute Gasteiger partial charge is 0.201 e. The minimum Gasteiger partial charge on any atom is -0.491 e. The number of rotatable bonds is 8. The van der Waals surface area contributed by atoms with Crippen molar-refractivity contribution in [1.82, 2.24) is 0 Å². The number of aryl methyl sites for hydroxylation is 2. The van der Waals surface area contributed by atoms with Crippen LogP contribution in [0.3, 0.4) is 0 Å². The van der Waals surface area contributed by atoms with Gasteiger partial charge in [0.25, 0.3) is 0 Å². The van der Waals surface area contributed by atoms with Crippen LogP contribution in [-0.2, 0) is 6.42 Å². The summed E-state index contributed by atoms with van der Waals surface area (Å²) >= 11 is 0. The second kappa shape index (κ2) is 11.5. The Hall–Kier alpha value is -2.94. The lowest BCUT2D eigenvalue weighted by molar-refractivity contribution is 0.314. The molecule has 0 heterocycles. The van der Waals surface area contributed by atoms with E-state index < -0.39 is 11.6 Å². The summed E-state index contributed by atoms with van der Waals surface area (Å²) in [5, 5.41) is 0. The predicted molar refractivity (Wildman–Crippen MR) is 136 cm³/mol. The van der Waals surface area contributed by atoms with E-state index in [-0.39, 0.29) is 11.3 Å². The summed E-state index contributed by atoms with van der Waals surface area (Å²) in [5.74, 6) is -0.449. The Kier molecular flexibility index (Phi) is 8.16. The summed E-state index contributed by atoms with van der Waals surface area (Å²) < 4.78 is 33.8. The van der Waals surface area contributed by atoms with Gasteiger partial charge in [0.2, 0.25) is 5.82 Å². The Morgan fingerprint density at radius 2 is 1.56 bits per heavy atom. The molecule has 1 saturated carbocycles. The first-order valence-electron chi connectivity index (χ1n) is 12.5. The lowest BCUT2D eigenvalue weighted by Gasteiger charge is -2.27. The summed E-state index contributed by atoms with van der Waals surface area (Å²) in [6.45, 7) is 4.19. The fourth-order valence-corrected chi connectivity index (χ4v) is 4.89. The molecule has 0 aliphatic heterocycles. The molecule has 0 amide bonds. The molecule has 0 unspecified atom stereocenters. The largest absolute Gasteiger partial charge is 0.491 e. The molecule has 1 aliphatic rings. The van der Waals surface area contributed by atoms with Gasteiger partial charge in [-0.1, -0.05) is 66.2 Å². The maximum Gasteiger partial charge on any atom is 0.201 e. The van der Waals surface area contributed by atoms with E-state index in [0.717, 1.165) is 12.8 Å². The molecule has 34 heavy (non-hydrogen) atoms. The average molecular weight is 461 g/mol. The molecule has 3 aromatic rings. The molecule has 0 atom stereocenters. The van der Waals surface area contributed by atoms with E-state index in [0.29, 0.717) is 24.0 Å². The Bertz CT molecular complexity index is 1090. The van der Waals surface area contributed by atoms with Crippen molar-refractivity contribution in [2.24, 2.45) is 5.92 Å². The molecule has 0 radical (unpaired) electrons. The molecular formula is C31H34F2O. The van der Waals surface area contributed by atoms with Gasteiger partial charge in [0, 0.05) is 5.56 Å². The van der Waals surface area contributed by atoms with Crippen LogP contribution in [-0.4, -0.2) is 6.61 Å². The van der Waals surface area contributed by atoms with E-state index in [4.69, 9.17) is 4.74 Å². The van der Waals surface area contributed by atoms with E-state index in [2.05, 4.69) is 43.3 Å². The lowest BCUT2D eigenvalue weighted by atomic mass is 9.78. The van der Waals surface area contributed by atoms with E-state index >= 15 is 0 Å². The van der Waals surface area contributed by atoms with Crippen molar-refractivity contribution in [1.29, 1.82) is 0 Å². The molecule has 0 spiro atoms. The highest BCUT2D eigenvalue weighted by Crippen LogP contribution is 2.36. The Balaban J connectivity index is 1.26. The zero-order chi connectivity index (χ0) is 23.9. The van der Waals surface area contributed by atoms with Crippen LogP contribution < -0.4 is 4.74 Å². The van der Waals surface area contributed by atoms with Gasteiger partial charge in [0.1, 0.15) is 0 Å². The molecular weight excluding hydrogens is 426 g/mol. The van der Waals surface area contributed by atoms with Crippen molar-refractivity contribution in [2.45, 2.75) is 58.3 Å². The Morgan fingerprint density at radius 3 is 2.24 bits per heavy atom. The van der Waals surface area contributed by atoms with Crippen LogP contribution >= 0.6 is 0 Å². The van der Waals surface area contributed by atoms with Crippen molar-refractivity contribution in [2.75, 3.05) is 6.61 Å². The first kappa shape index (κ1) is 24.2. The zero-order valence-corrected chi connectivity index (χ0v) is 20.2. The highest BCUT2D eigenvalue weighted by molar-refractivity contribution is 5.65. The van der Waals surface area contributed by atoms with E-state index in [1.807, 2.05) is 24.3 Å². The SMILES string of the molecule is CCOc1ccc(-c2ccc(CC/C=C/C3CCC(c4ccc(C)cc4)CC3)cc2)c(F)c1F. The lowest BCUT2D eigenvalue weighted by Crippen LogP contribution is -2.11. The van der Waals surface area contributed by atoms with Gasteiger partial charge in [-0.15, -0.1) is 0 Å². The molecule has 3 aromatic carbocycles. The van der Waals surface area contributed by atoms with Crippen LogP contribution in [0.25, 0.3) is 11.1 Å². The summed E-state index contributed by atoms with van der Waals surface area (Å²) in [7, 11) is 0. The third-order valence-electron chi connectivity index (χ3n) is 6.94. The quantitative estimate of drug-likeness (QED) is 0.305. The maximum atomic E-state index is 14.5. The highest BCUT2D eigenvalue weighted by Gasteiger charge is 2.20. The zero-order valence-electron chi connectivity index (χ0n) is 20.2. The molecule has 0 N–H and O–H groups in total. The van der Waals surface area contributed by atoms with Crippen molar-refractivity contribution >= 4 is 0 Å². The van der Waals surface area contributed by atoms with E-state index in [1.165, 1.54) is 48.4 Å². The number of hydrogen-bond acceptors (Lipinski definition) is 1. The van der Waals surface area contributed by atoms with Crippen LogP contribution in [0.5, 0.6) is 5.75 Å². The van der Waals surface area contributed by atoms with Crippen molar-refractivity contribution in [3.8, 4) is 16.9 Å². The standard InChI is InChI=1S/C31H34F2O/c1-3-34-29-21-20-28(30(32)31(29)33)27-18-12-24(13-19-27)7-5-4-6-23-10-16-26(17-11-23)25-14-8-22(2)9-15-25/h4,6,8-9,12-15,18-21,23,26H,3,5,7,10-11,16-17H2,1-2H3/b6-4+. The van der Waals surface area contributed by atoms with Crippen molar-refractivity contribution in [3.63, 3.8) is 0 Å². The van der Waals surface area contributed by atoms with Gasteiger partial charge >= 0.3 is 0 Å². The first-order valence-corrected chi connectivity index (χ1v) is 12.5. The van der Waals surface area contributed by atoms with Crippen LogP contribution in [0.2, 0.25) is 0 Å². The maximum absolute atomic E-state index is 14.5. The van der Waals surface area contributed by atoms with Gasteiger partial charge in [-0.25, -0.2) is 4.39 Å². The number of halogens is 2. The highest BCUT2D eigenvalue weighted by atomic mass is 19.2. The van der Waals surface area contributed by atoms with Crippen molar-refractivity contribution < 1.29 is 13.5 Å². The summed E-state index contributed by atoms with van der Waals surface area (Å²) in [4.78, 5) is 0. The van der Waals surface area contributed by atoms with Crippen molar-refractivity contribution in [3.05, 3.63) is 101 Å². The fourth-order valence-electron chi connectivity index (χ4n) is 4.89. The van der Waals surface area contributed by atoms with Gasteiger partial charge in [-0.3, -0.25) is 0 Å². The minimum absolute atomic E-state index is 0.0456. The molecule has 4 rings (SSSR count). The Morgan fingerprint density at radius 1 is 0.853 bits per heavy atom. The van der Waals surface area contributed by atoms with Gasteiger partial charge in [-0.2, -0.15) is 4.39 Å². The third-order valence-corrected chi connectivity index (χ3v) is 6.94. The topological polar surface area (TPSA) is 9.23 Å². The predicted octanol–water partition coefficient (Wildman–Crippen LogP) is 8.80. The minimum atomic E-state index is -0.929. The summed E-state index contributed by atoms with van der Waals surface area (Å²) in [6, 6.07) is 19.8. The summed E-state index contributed by atoms with van der Waals surface area (Å²) in [5.41, 5.74) is 4.94. The Labute approximate surface area is 202 Å². The normalized spacial score (nSPS) is 18.4. The van der Waals surface area contributed by atoms with Gasteiger partial charge < -0.3 is 4.74 Å². The molecule has 0 aromatic heterocycles. The molecule has 0 saturated heterocycles. The van der Waals surface area contributed by atoms with Gasteiger partial charge in [0.05, 0.1) is 6.61 Å². The fraction of sp³-hybridized carbons (Fsp3) is 0.355. The third kappa shape index (κ3) is 5.94. The van der Waals surface area contributed by atoms with Crippen LogP contribution in [0.15, 0.2) is 72.8 Å². The number of hydrogen-bond donors (Lipinski definition) is 0. The molecule has 0 bridgehead atoms. The second-order valence-electron chi connectivity index (χ2n) is 9.36. The molecule has 3 heteroatoms. The second-order valence-corrected chi connectivity index (χ2v) is 9.36. The van der Waals surface area contributed by atoms with Gasteiger partial charge in [-0.05, 0) is 93.0 Å². The molecule has 1 nitrogen and oxygen atoms in total. The van der Waals surface area contributed by atoms with Crippen LogP contribution in [0.1, 0.15) is 61.6 Å². The molecule has 1 fully saturated rings. The number of allylic oxidation sites excluding steroid dienone is 2. The van der Waals surface area contributed by atoms with E-state index in [9.17, 15) is 8.78 Å². The first-order chi connectivity index (χ1) is 16.5. The van der Waals surface area contributed by atoms with Gasteiger partial charge in [0.15, 0.2) is 11.6 Å². The summed E-state index contributed by atoms with van der Waals surface area (Å²) in [6.07, 6.45) is 11.7. The monoisotopic (exact) mass is 460 g/mol. The molecule has 1 aliphatic carbocycles. The average Bonchev–Trinajstić information content (AvgIpc) is 2.86. The van der Waals surface area contributed by atoms with Crippen LogP contribution in [0.4, 0.5) is 8.78 Å². The molecule has 178 valence electrons.